The van der Waals surface area contributed by atoms with Gasteiger partial charge in [-0.2, -0.15) is 0 Å². The second-order valence-electron chi connectivity index (χ2n) is 3.78. The van der Waals surface area contributed by atoms with Crippen LogP contribution >= 0.6 is 0 Å². The van der Waals surface area contributed by atoms with Crippen LogP contribution in [0.2, 0.25) is 0 Å². The van der Waals surface area contributed by atoms with Gasteiger partial charge < -0.3 is 4.74 Å². The molecular weight excluding hydrogens is 230 g/mol. The molecule has 1 fully saturated rings. The van der Waals surface area contributed by atoms with Crippen LogP contribution in [0.4, 0.5) is 0 Å². The zero-order chi connectivity index (χ0) is 12.2. The molecule has 0 aromatic carbocycles. The molecule has 0 aliphatic heterocycles. The Bertz CT molecular complexity index is 363. The number of ether oxygens (including phenoxy) is 1. The zero-order valence-corrected chi connectivity index (χ0v) is 10.1. The lowest BCUT2D eigenvalue weighted by molar-refractivity contribution is -0.145. The number of rotatable bonds is 5. The fourth-order valence-electron chi connectivity index (χ4n) is 2.00. The van der Waals surface area contributed by atoms with Gasteiger partial charge in [-0.15, -0.1) is 6.58 Å². The molecule has 1 saturated carbocycles. The minimum absolute atomic E-state index is 0.187. The summed E-state index contributed by atoms with van der Waals surface area (Å²) in [4.78, 5) is 11.4. The van der Waals surface area contributed by atoms with Crippen molar-refractivity contribution in [3.63, 3.8) is 0 Å². The summed E-state index contributed by atoms with van der Waals surface area (Å²) in [5, 5.41) is -0.667. The van der Waals surface area contributed by atoms with Gasteiger partial charge in [0.15, 0.2) is 0 Å². The van der Waals surface area contributed by atoms with Crippen LogP contribution in [0.15, 0.2) is 12.7 Å². The second kappa shape index (κ2) is 5.45. The van der Waals surface area contributed by atoms with E-state index in [0.717, 1.165) is 6.42 Å². The third-order valence-corrected chi connectivity index (χ3v) is 4.71. The fraction of sp³-hybridized carbons (Fsp3) is 0.700. The molecule has 0 saturated heterocycles. The van der Waals surface area contributed by atoms with Crippen molar-refractivity contribution in [1.82, 2.24) is 4.72 Å². The van der Waals surface area contributed by atoms with Crippen molar-refractivity contribution in [1.29, 1.82) is 0 Å². The Balaban J connectivity index is 2.78. The normalized spacial score (nSPS) is 25.3. The Morgan fingerprint density at radius 1 is 1.56 bits per heavy atom. The Kier molecular flexibility index (Phi) is 4.49. The van der Waals surface area contributed by atoms with E-state index >= 15 is 0 Å². The molecular formula is C10H17NO4S. The summed E-state index contributed by atoms with van der Waals surface area (Å²) in [6.07, 6.45) is 3.29. The molecule has 1 aliphatic carbocycles. The molecule has 2 atom stereocenters. The van der Waals surface area contributed by atoms with E-state index < -0.39 is 27.2 Å². The number of nitrogens with one attached hydrogen (secondary N) is 1. The van der Waals surface area contributed by atoms with E-state index in [2.05, 4.69) is 16.0 Å². The van der Waals surface area contributed by atoms with Crippen LogP contribution < -0.4 is 4.72 Å². The zero-order valence-electron chi connectivity index (χ0n) is 9.31. The highest BCUT2D eigenvalue weighted by Gasteiger charge is 2.41. The molecule has 0 aromatic rings. The van der Waals surface area contributed by atoms with E-state index in [1.165, 1.54) is 13.2 Å². The smallest absolute Gasteiger partial charge is 0.310 e. The standard InChI is InChI=1S/C10H17NO4S/c1-3-7-11-16(13,14)9-6-4-5-8(9)10(12)15-2/h3,8-9,11H,1,4-7H2,2H3. The van der Waals surface area contributed by atoms with Crippen LogP contribution in [-0.4, -0.2) is 33.3 Å². The first kappa shape index (κ1) is 13.2. The van der Waals surface area contributed by atoms with Crippen LogP contribution in [0.25, 0.3) is 0 Å². The van der Waals surface area contributed by atoms with Gasteiger partial charge in [-0.1, -0.05) is 12.5 Å². The molecule has 0 aromatic heterocycles. The number of methoxy groups -OCH3 is 1. The van der Waals surface area contributed by atoms with E-state index in [1.807, 2.05) is 0 Å². The summed E-state index contributed by atoms with van der Waals surface area (Å²) in [6.45, 7) is 3.63. The number of carbonyl (C=O) groups excluding carboxylic acids is 1. The Labute approximate surface area is 95.9 Å². The SMILES string of the molecule is C=CCNS(=O)(=O)C1CCCC1C(=O)OC. The maximum absolute atomic E-state index is 11.9. The van der Waals surface area contributed by atoms with Crippen LogP contribution in [0.3, 0.4) is 0 Å². The molecule has 1 N–H and O–H groups in total. The molecule has 6 heteroatoms. The topological polar surface area (TPSA) is 72.5 Å². The number of esters is 1. The summed E-state index contributed by atoms with van der Waals surface area (Å²) in [7, 11) is -2.17. The van der Waals surface area contributed by atoms with Crippen molar-refractivity contribution in [3.05, 3.63) is 12.7 Å². The van der Waals surface area contributed by atoms with E-state index in [-0.39, 0.29) is 6.54 Å². The molecule has 1 rings (SSSR count). The summed E-state index contributed by atoms with van der Waals surface area (Å²) < 4.78 is 30.7. The Morgan fingerprint density at radius 2 is 2.25 bits per heavy atom. The van der Waals surface area contributed by atoms with E-state index in [9.17, 15) is 13.2 Å². The van der Waals surface area contributed by atoms with E-state index in [1.54, 1.807) is 0 Å². The van der Waals surface area contributed by atoms with E-state index in [0.29, 0.717) is 12.8 Å². The number of hydrogen-bond acceptors (Lipinski definition) is 4. The third-order valence-electron chi connectivity index (χ3n) is 2.78. The lowest BCUT2D eigenvalue weighted by Gasteiger charge is -2.17. The number of carbonyl (C=O) groups is 1. The van der Waals surface area contributed by atoms with Crippen molar-refractivity contribution < 1.29 is 17.9 Å². The van der Waals surface area contributed by atoms with Gasteiger partial charge in [0.1, 0.15) is 0 Å². The molecule has 0 heterocycles. The summed E-state index contributed by atoms with van der Waals surface area (Å²) >= 11 is 0. The van der Waals surface area contributed by atoms with Gasteiger partial charge in [0.05, 0.1) is 18.3 Å². The molecule has 0 spiro atoms. The Hall–Kier alpha value is -0.880. The largest absolute Gasteiger partial charge is 0.469 e. The van der Waals surface area contributed by atoms with Crippen molar-refractivity contribution in [2.45, 2.75) is 24.5 Å². The van der Waals surface area contributed by atoms with Gasteiger partial charge in [-0.3, -0.25) is 4.79 Å². The quantitative estimate of drug-likeness (QED) is 0.565. The van der Waals surface area contributed by atoms with Crippen molar-refractivity contribution in [2.24, 2.45) is 5.92 Å². The molecule has 0 bridgehead atoms. The maximum atomic E-state index is 11.9. The maximum Gasteiger partial charge on any atom is 0.310 e. The predicted molar refractivity (Wildman–Crippen MR) is 60.3 cm³/mol. The average Bonchev–Trinajstić information content (AvgIpc) is 2.75. The van der Waals surface area contributed by atoms with Crippen LogP contribution in [0.5, 0.6) is 0 Å². The van der Waals surface area contributed by atoms with E-state index in [4.69, 9.17) is 0 Å². The average molecular weight is 247 g/mol. The molecule has 2 unspecified atom stereocenters. The Morgan fingerprint density at radius 3 is 2.81 bits per heavy atom. The second-order valence-corrected chi connectivity index (χ2v) is 5.77. The van der Waals surface area contributed by atoms with Gasteiger partial charge in [0.25, 0.3) is 0 Å². The fourth-order valence-corrected chi connectivity index (χ4v) is 3.72. The van der Waals surface area contributed by atoms with Crippen LogP contribution in [0.1, 0.15) is 19.3 Å². The minimum Gasteiger partial charge on any atom is -0.469 e. The van der Waals surface area contributed by atoms with Gasteiger partial charge >= 0.3 is 5.97 Å². The molecule has 0 radical (unpaired) electrons. The highest BCUT2D eigenvalue weighted by atomic mass is 32.2. The van der Waals surface area contributed by atoms with Crippen LogP contribution in [-0.2, 0) is 19.6 Å². The highest BCUT2D eigenvalue weighted by molar-refractivity contribution is 7.90. The first-order chi connectivity index (χ1) is 7.53. The molecule has 16 heavy (non-hydrogen) atoms. The number of sulfonamides is 1. The summed E-state index contributed by atoms with van der Waals surface area (Å²) in [5.74, 6) is -0.973. The highest BCUT2D eigenvalue weighted by Crippen LogP contribution is 2.31. The first-order valence-electron chi connectivity index (χ1n) is 5.20. The van der Waals surface area contributed by atoms with Crippen LogP contribution in [0, 0.1) is 5.92 Å². The third kappa shape index (κ3) is 2.82. The lowest BCUT2D eigenvalue weighted by Crippen LogP contribution is -2.39. The predicted octanol–water partition coefficient (Wildman–Crippen LogP) is 0.433. The lowest BCUT2D eigenvalue weighted by atomic mass is 10.1. The minimum atomic E-state index is -3.45. The summed E-state index contributed by atoms with van der Waals surface area (Å²) in [5.41, 5.74) is 0. The first-order valence-corrected chi connectivity index (χ1v) is 6.74. The number of hydrogen-bond donors (Lipinski definition) is 1. The van der Waals surface area contributed by atoms with Gasteiger partial charge in [-0.25, -0.2) is 13.1 Å². The molecule has 5 nitrogen and oxygen atoms in total. The summed E-state index contributed by atoms with van der Waals surface area (Å²) in [6, 6.07) is 0. The molecule has 1 aliphatic rings. The van der Waals surface area contributed by atoms with Gasteiger partial charge in [0.2, 0.25) is 10.0 Å². The van der Waals surface area contributed by atoms with Crippen molar-refractivity contribution >= 4 is 16.0 Å². The molecule has 92 valence electrons. The molecule has 0 amide bonds. The van der Waals surface area contributed by atoms with Gasteiger partial charge in [-0.05, 0) is 12.8 Å². The monoisotopic (exact) mass is 247 g/mol. The van der Waals surface area contributed by atoms with Gasteiger partial charge in [0, 0.05) is 6.54 Å². The van der Waals surface area contributed by atoms with Crippen molar-refractivity contribution in [3.8, 4) is 0 Å². The van der Waals surface area contributed by atoms with Crippen molar-refractivity contribution in [2.75, 3.05) is 13.7 Å².